The first-order chi connectivity index (χ1) is 9.15. The molecule has 1 fully saturated rings. The van der Waals surface area contributed by atoms with Crippen molar-refractivity contribution in [2.45, 2.75) is 56.7 Å². The van der Waals surface area contributed by atoms with Crippen LogP contribution in [0.2, 0.25) is 0 Å². The van der Waals surface area contributed by atoms with Gasteiger partial charge in [0.2, 0.25) is 0 Å². The van der Waals surface area contributed by atoms with Crippen molar-refractivity contribution in [3.05, 3.63) is 35.4 Å². The second-order valence-electron chi connectivity index (χ2n) is 5.45. The Morgan fingerprint density at radius 3 is 2.53 bits per heavy atom. The predicted molar refractivity (Wildman–Crippen MR) is 73.2 cm³/mol. The van der Waals surface area contributed by atoms with E-state index >= 15 is 0 Å². The number of rotatable bonds is 3. The van der Waals surface area contributed by atoms with Crippen LogP contribution in [0, 0.1) is 11.3 Å². The summed E-state index contributed by atoms with van der Waals surface area (Å²) >= 11 is 0. The highest BCUT2D eigenvalue weighted by Gasteiger charge is 2.30. The number of nitriles is 1. The number of aliphatic hydroxyl groups excluding tert-OH is 1. The molecule has 1 aliphatic rings. The zero-order valence-electron chi connectivity index (χ0n) is 11.2. The Hall–Kier alpha value is -1.37. The lowest BCUT2D eigenvalue weighted by Gasteiger charge is -2.28. The average Bonchev–Trinajstić information content (AvgIpc) is 2.65. The molecule has 1 saturated carbocycles. The predicted octanol–water partition coefficient (Wildman–Crippen LogP) is 3.18. The van der Waals surface area contributed by atoms with E-state index in [1.807, 2.05) is 30.3 Å². The lowest BCUT2D eigenvalue weighted by molar-refractivity contribution is 0.0205. The van der Waals surface area contributed by atoms with Crippen molar-refractivity contribution in [1.82, 2.24) is 0 Å². The second-order valence-corrected chi connectivity index (χ2v) is 5.45. The van der Waals surface area contributed by atoms with E-state index in [2.05, 4.69) is 0 Å². The summed E-state index contributed by atoms with van der Waals surface area (Å²) < 4.78 is 0. The molecule has 0 bridgehead atoms. The molecule has 3 nitrogen and oxygen atoms in total. The fraction of sp³-hybridized carbons (Fsp3) is 0.562. The number of hydrogen-bond donors (Lipinski definition) is 2. The Morgan fingerprint density at radius 2 is 1.89 bits per heavy atom. The Morgan fingerprint density at radius 1 is 1.21 bits per heavy atom. The number of nitrogens with zero attached hydrogens (tertiary/aromatic N) is 1. The molecule has 0 aromatic heterocycles. The maximum atomic E-state index is 10.8. The van der Waals surface area contributed by atoms with Crippen molar-refractivity contribution in [3.63, 3.8) is 0 Å². The van der Waals surface area contributed by atoms with Crippen LogP contribution >= 0.6 is 0 Å². The molecule has 0 radical (unpaired) electrons. The minimum absolute atomic E-state index is 0.0852. The van der Waals surface area contributed by atoms with Gasteiger partial charge in [0.1, 0.15) is 0 Å². The van der Waals surface area contributed by atoms with Crippen LogP contribution in [0.4, 0.5) is 0 Å². The Balaban J connectivity index is 2.24. The summed E-state index contributed by atoms with van der Waals surface area (Å²) in [4.78, 5) is 0. The molecule has 102 valence electrons. The van der Waals surface area contributed by atoms with Crippen LogP contribution < -0.4 is 0 Å². The maximum Gasteiger partial charge on any atom is 0.0920 e. The molecule has 2 N–H and O–H groups in total. The molecule has 0 amide bonds. The van der Waals surface area contributed by atoms with Crippen molar-refractivity contribution in [3.8, 4) is 6.07 Å². The van der Waals surface area contributed by atoms with Crippen LogP contribution in [0.15, 0.2) is 24.3 Å². The Bertz CT molecular complexity index is 456. The third-order valence-corrected chi connectivity index (χ3v) is 4.02. The minimum atomic E-state index is -0.765. The summed E-state index contributed by atoms with van der Waals surface area (Å²) in [5, 5.41) is 29.3. The standard InChI is InChI=1S/C16H21NO2/c17-11-8-15(18)13-6-5-7-14(12-13)16(19)9-3-1-2-4-10-16/h5-7,12,15,18-19H,1-4,8-10H2. The van der Waals surface area contributed by atoms with E-state index in [0.29, 0.717) is 0 Å². The zero-order valence-corrected chi connectivity index (χ0v) is 11.2. The van der Waals surface area contributed by atoms with Crippen molar-refractivity contribution in [1.29, 1.82) is 5.26 Å². The van der Waals surface area contributed by atoms with E-state index in [9.17, 15) is 10.2 Å². The van der Waals surface area contributed by atoms with Gasteiger partial charge in [-0.15, -0.1) is 0 Å². The lowest BCUT2D eigenvalue weighted by Crippen LogP contribution is -2.24. The topological polar surface area (TPSA) is 64.2 Å². The smallest absolute Gasteiger partial charge is 0.0920 e. The highest BCUT2D eigenvalue weighted by atomic mass is 16.3. The highest BCUT2D eigenvalue weighted by Crippen LogP contribution is 2.36. The first-order valence-corrected chi connectivity index (χ1v) is 7.03. The fourth-order valence-electron chi connectivity index (χ4n) is 2.84. The summed E-state index contributed by atoms with van der Waals surface area (Å²) in [6, 6.07) is 9.42. The molecule has 0 aliphatic heterocycles. The van der Waals surface area contributed by atoms with Crippen molar-refractivity contribution >= 4 is 0 Å². The minimum Gasteiger partial charge on any atom is -0.387 e. The lowest BCUT2D eigenvalue weighted by atomic mass is 9.85. The highest BCUT2D eigenvalue weighted by molar-refractivity contribution is 5.30. The molecule has 0 spiro atoms. The van der Waals surface area contributed by atoms with Crippen LogP contribution in [-0.2, 0) is 5.60 Å². The van der Waals surface area contributed by atoms with Gasteiger partial charge in [-0.1, -0.05) is 49.9 Å². The van der Waals surface area contributed by atoms with E-state index in [1.54, 1.807) is 0 Å². The van der Waals surface area contributed by atoms with Crippen molar-refractivity contribution < 1.29 is 10.2 Å². The van der Waals surface area contributed by atoms with Gasteiger partial charge < -0.3 is 10.2 Å². The summed E-state index contributed by atoms with van der Waals surface area (Å²) in [6.07, 6.45) is 5.33. The van der Waals surface area contributed by atoms with Crippen LogP contribution in [0.3, 0.4) is 0 Å². The molecular weight excluding hydrogens is 238 g/mol. The van der Waals surface area contributed by atoms with Gasteiger partial charge >= 0.3 is 0 Å². The Labute approximate surface area is 114 Å². The third-order valence-electron chi connectivity index (χ3n) is 4.02. The van der Waals surface area contributed by atoms with E-state index < -0.39 is 11.7 Å². The van der Waals surface area contributed by atoms with Gasteiger partial charge in [-0.25, -0.2) is 0 Å². The molecule has 1 atom stereocenters. The monoisotopic (exact) mass is 259 g/mol. The van der Waals surface area contributed by atoms with Gasteiger partial charge in [0.25, 0.3) is 0 Å². The molecule has 1 unspecified atom stereocenters. The molecule has 19 heavy (non-hydrogen) atoms. The summed E-state index contributed by atoms with van der Waals surface area (Å²) in [6.45, 7) is 0. The van der Waals surface area contributed by atoms with E-state index in [4.69, 9.17) is 5.26 Å². The van der Waals surface area contributed by atoms with Crippen LogP contribution in [0.25, 0.3) is 0 Å². The molecule has 1 aromatic carbocycles. The second kappa shape index (κ2) is 6.18. The first kappa shape index (κ1) is 14.0. The quantitative estimate of drug-likeness (QED) is 0.819. The Kier molecular flexibility index (Phi) is 4.57. The van der Waals surface area contributed by atoms with Crippen molar-refractivity contribution in [2.75, 3.05) is 0 Å². The van der Waals surface area contributed by atoms with Gasteiger partial charge in [-0.05, 0) is 24.0 Å². The molecule has 1 aromatic rings. The first-order valence-electron chi connectivity index (χ1n) is 7.03. The normalized spacial score (nSPS) is 20.3. The molecule has 0 heterocycles. The van der Waals surface area contributed by atoms with Crippen molar-refractivity contribution in [2.24, 2.45) is 0 Å². The zero-order chi connectivity index (χ0) is 13.7. The molecular formula is C16H21NO2. The number of aliphatic hydroxyl groups is 2. The third kappa shape index (κ3) is 3.34. The van der Waals surface area contributed by atoms with Gasteiger partial charge in [-0.3, -0.25) is 0 Å². The van der Waals surface area contributed by atoms with E-state index in [-0.39, 0.29) is 6.42 Å². The largest absolute Gasteiger partial charge is 0.387 e. The van der Waals surface area contributed by atoms with Gasteiger partial charge in [-0.2, -0.15) is 5.26 Å². The molecule has 0 saturated heterocycles. The number of hydrogen-bond acceptors (Lipinski definition) is 3. The maximum absolute atomic E-state index is 10.8. The van der Waals surface area contributed by atoms with Gasteiger partial charge in [0.15, 0.2) is 0 Å². The van der Waals surface area contributed by atoms with Crippen LogP contribution in [-0.4, -0.2) is 10.2 Å². The summed E-state index contributed by atoms with van der Waals surface area (Å²) in [5.41, 5.74) is 0.833. The average molecular weight is 259 g/mol. The SMILES string of the molecule is N#CCC(O)c1cccc(C2(O)CCCCCC2)c1. The van der Waals surface area contributed by atoms with Gasteiger partial charge in [0.05, 0.1) is 24.2 Å². The molecule has 2 rings (SSSR count). The van der Waals surface area contributed by atoms with Crippen LogP contribution in [0.5, 0.6) is 0 Å². The fourth-order valence-corrected chi connectivity index (χ4v) is 2.84. The molecule has 3 heteroatoms. The van der Waals surface area contributed by atoms with E-state index in [0.717, 1.165) is 36.8 Å². The summed E-state index contributed by atoms with van der Waals surface area (Å²) in [7, 11) is 0. The number of benzene rings is 1. The van der Waals surface area contributed by atoms with E-state index in [1.165, 1.54) is 12.8 Å². The van der Waals surface area contributed by atoms with Crippen LogP contribution in [0.1, 0.15) is 62.2 Å². The molecule has 1 aliphatic carbocycles. The van der Waals surface area contributed by atoms with Gasteiger partial charge in [0, 0.05) is 0 Å². The summed E-state index contributed by atoms with van der Waals surface area (Å²) in [5.74, 6) is 0.